The van der Waals surface area contributed by atoms with E-state index in [0.717, 1.165) is 25.2 Å². The molecule has 0 N–H and O–H groups in total. The van der Waals surface area contributed by atoms with Crippen LogP contribution in [0, 0.1) is 0 Å². The molecule has 0 radical (unpaired) electrons. The molecule has 90 valence electrons. The predicted molar refractivity (Wildman–Crippen MR) is 70.4 cm³/mol. The standard InChI is InChI=1S/C13H19NO.ClH/c1-3-14(4-2)11-10-13(15)12-8-6-5-7-9-12;/h5-9H,3-4,10-11H2,1-2H3;1H. The predicted octanol–water partition coefficient (Wildman–Crippen LogP) is 3.02. The van der Waals surface area contributed by atoms with Gasteiger partial charge in [-0.1, -0.05) is 44.2 Å². The lowest BCUT2D eigenvalue weighted by atomic mass is 10.1. The summed E-state index contributed by atoms with van der Waals surface area (Å²) in [6.07, 6.45) is 0.617. The first-order valence-corrected chi connectivity index (χ1v) is 5.58. The van der Waals surface area contributed by atoms with Gasteiger partial charge in [0.1, 0.15) is 0 Å². The van der Waals surface area contributed by atoms with Crippen LogP contribution >= 0.6 is 12.4 Å². The van der Waals surface area contributed by atoms with E-state index in [-0.39, 0.29) is 18.2 Å². The number of Topliss-reactive ketones (excluding diaryl/α,β-unsaturated/α-hetero) is 1. The Morgan fingerprint density at radius 3 is 2.19 bits per heavy atom. The zero-order valence-electron chi connectivity index (χ0n) is 9.98. The summed E-state index contributed by atoms with van der Waals surface area (Å²) in [4.78, 5) is 14.0. The second-order valence-electron chi connectivity index (χ2n) is 3.57. The van der Waals surface area contributed by atoms with Crippen molar-refractivity contribution < 1.29 is 4.79 Å². The number of nitrogens with zero attached hydrogens (tertiary/aromatic N) is 1. The van der Waals surface area contributed by atoms with Crippen LogP contribution in [0.2, 0.25) is 0 Å². The Morgan fingerprint density at radius 2 is 1.69 bits per heavy atom. The maximum atomic E-state index is 11.8. The quantitative estimate of drug-likeness (QED) is 0.714. The lowest BCUT2D eigenvalue weighted by molar-refractivity contribution is 0.0966. The van der Waals surface area contributed by atoms with Gasteiger partial charge in [-0.05, 0) is 13.1 Å². The molecule has 0 bridgehead atoms. The third kappa shape index (κ3) is 4.77. The van der Waals surface area contributed by atoms with Crippen molar-refractivity contribution in [3.05, 3.63) is 35.9 Å². The summed E-state index contributed by atoms with van der Waals surface area (Å²) in [6.45, 7) is 7.13. The van der Waals surface area contributed by atoms with Crippen molar-refractivity contribution in [3.8, 4) is 0 Å². The van der Waals surface area contributed by atoms with Crippen molar-refractivity contribution in [2.75, 3.05) is 19.6 Å². The van der Waals surface area contributed by atoms with Crippen molar-refractivity contribution in [1.82, 2.24) is 4.90 Å². The summed E-state index contributed by atoms with van der Waals surface area (Å²) in [7, 11) is 0. The van der Waals surface area contributed by atoms with Gasteiger partial charge < -0.3 is 4.90 Å². The Kier molecular flexibility index (Phi) is 7.86. The summed E-state index contributed by atoms with van der Waals surface area (Å²) < 4.78 is 0. The van der Waals surface area contributed by atoms with E-state index in [9.17, 15) is 4.79 Å². The number of benzene rings is 1. The van der Waals surface area contributed by atoms with Crippen LogP contribution in [0.3, 0.4) is 0 Å². The van der Waals surface area contributed by atoms with Gasteiger partial charge in [-0.2, -0.15) is 0 Å². The van der Waals surface area contributed by atoms with Crippen molar-refractivity contribution in [1.29, 1.82) is 0 Å². The minimum atomic E-state index is 0. The lowest BCUT2D eigenvalue weighted by Crippen LogP contribution is -2.25. The van der Waals surface area contributed by atoms with Crippen LogP contribution in [0.4, 0.5) is 0 Å². The molecule has 2 nitrogen and oxygen atoms in total. The van der Waals surface area contributed by atoms with Crippen LogP contribution in [-0.2, 0) is 0 Å². The molecule has 0 atom stereocenters. The molecule has 0 unspecified atom stereocenters. The maximum absolute atomic E-state index is 11.8. The van der Waals surface area contributed by atoms with E-state index in [4.69, 9.17) is 0 Å². The summed E-state index contributed by atoms with van der Waals surface area (Å²) in [5, 5.41) is 0. The highest BCUT2D eigenvalue weighted by Crippen LogP contribution is 2.03. The van der Waals surface area contributed by atoms with Gasteiger partial charge in [-0.15, -0.1) is 12.4 Å². The largest absolute Gasteiger partial charge is 0.303 e. The van der Waals surface area contributed by atoms with Crippen LogP contribution < -0.4 is 0 Å². The van der Waals surface area contributed by atoms with Crippen LogP contribution in [0.5, 0.6) is 0 Å². The van der Waals surface area contributed by atoms with E-state index in [2.05, 4.69) is 18.7 Å². The molecule has 0 amide bonds. The smallest absolute Gasteiger partial charge is 0.164 e. The van der Waals surface area contributed by atoms with E-state index in [1.165, 1.54) is 0 Å². The molecule has 0 saturated heterocycles. The van der Waals surface area contributed by atoms with E-state index in [0.29, 0.717) is 6.42 Å². The number of hydrogen-bond donors (Lipinski definition) is 0. The number of rotatable bonds is 6. The van der Waals surface area contributed by atoms with Crippen molar-refractivity contribution in [2.24, 2.45) is 0 Å². The Bertz CT molecular complexity index is 296. The van der Waals surface area contributed by atoms with Gasteiger partial charge >= 0.3 is 0 Å². The topological polar surface area (TPSA) is 20.3 Å². The Labute approximate surface area is 104 Å². The van der Waals surface area contributed by atoms with Gasteiger partial charge in [0.05, 0.1) is 0 Å². The minimum absolute atomic E-state index is 0. The fourth-order valence-electron chi connectivity index (χ4n) is 1.57. The van der Waals surface area contributed by atoms with Crippen LogP contribution in [0.25, 0.3) is 0 Å². The SMILES string of the molecule is CCN(CC)CCC(=O)c1ccccc1.Cl. The van der Waals surface area contributed by atoms with Crippen LogP contribution in [0.15, 0.2) is 30.3 Å². The second kappa shape index (κ2) is 8.31. The molecule has 0 aliphatic heterocycles. The minimum Gasteiger partial charge on any atom is -0.303 e. The van der Waals surface area contributed by atoms with E-state index in [1.807, 2.05) is 30.3 Å². The highest BCUT2D eigenvalue weighted by atomic mass is 35.5. The molecule has 16 heavy (non-hydrogen) atoms. The molecule has 1 aromatic rings. The Hall–Kier alpha value is -0.860. The number of carbonyl (C=O) groups is 1. The summed E-state index contributed by atoms with van der Waals surface area (Å²) in [6, 6.07) is 9.51. The monoisotopic (exact) mass is 241 g/mol. The maximum Gasteiger partial charge on any atom is 0.164 e. The van der Waals surface area contributed by atoms with E-state index in [1.54, 1.807) is 0 Å². The van der Waals surface area contributed by atoms with Crippen LogP contribution in [-0.4, -0.2) is 30.3 Å². The fourth-order valence-corrected chi connectivity index (χ4v) is 1.57. The summed E-state index contributed by atoms with van der Waals surface area (Å²) in [5.41, 5.74) is 0.824. The molecule has 3 heteroatoms. The molecule has 0 saturated carbocycles. The molecule has 1 rings (SSSR count). The van der Waals surface area contributed by atoms with E-state index < -0.39 is 0 Å². The molecule has 0 fully saturated rings. The van der Waals surface area contributed by atoms with E-state index >= 15 is 0 Å². The molecule has 0 aromatic heterocycles. The average molecular weight is 242 g/mol. The molecule has 0 aliphatic carbocycles. The molecule has 1 aromatic carbocycles. The third-order valence-corrected chi connectivity index (χ3v) is 2.65. The molecule has 0 aliphatic rings. The molecule has 0 heterocycles. The summed E-state index contributed by atoms with van der Waals surface area (Å²) >= 11 is 0. The van der Waals surface area contributed by atoms with Gasteiger partial charge in [-0.25, -0.2) is 0 Å². The van der Waals surface area contributed by atoms with Crippen molar-refractivity contribution in [2.45, 2.75) is 20.3 Å². The number of hydrogen-bond acceptors (Lipinski definition) is 2. The highest BCUT2D eigenvalue weighted by molar-refractivity contribution is 5.96. The first-order chi connectivity index (χ1) is 7.27. The normalized spacial score (nSPS) is 9.94. The number of halogens is 1. The second-order valence-corrected chi connectivity index (χ2v) is 3.57. The zero-order valence-corrected chi connectivity index (χ0v) is 10.8. The Balaban J connectivity index is 0.00000225. The first-order valence-electron chi connectivity index (χ1n) is 5.58. The number of ketones is 1. The number of carbonyl (C=O) groups excluding carboxylic acids is 1. The first kappa shape index (κ1) is 15.1. The fraction of sp³-hybridized carbons (Fsp3) is 0.462. The molecular formula is C13H20ClNO. The van der Waals surface area contributed by atoms with Crippen LogP contribution in [0.1, 0.15) is 30.6 Å². The molecular weight excluding hydrogens is 222 g/mol. The van der Waals surface area contributed by atoms with Gasteiger partial charge in [0.15, 0.2) is 5.78 Å². The lowest BCUT2D eigenvalue weighted by Gasteiger charge is -2.16. The van der Waals surface area contributed by atoms with Crippen molar-refractivity contribution >= 4 is 18.2 Å². The van der Waals surface area contributed by atoms with Gasteiger partial charge in [0.2, 0.25) is 0 Å². The Morgan fingerprint density at radius 1 is 1.12 bits per heavy atom. The summed E-state index contributed by atoms with van der Waals surface area (Å²) in [5.74, 6) is 0.238. The third-order valence-electron chi connectivity index (χ3n) is 2.65. The zero-order chi connectivity index (χ0) is 11.1. The van der Waals surface area contributed by atoms with Gasteiger partial charge in [0.25, 0.3) is 0 Å². The van der Waals surface area contributed by atoms with Gasteiger partial charge in [0, 0.05) is 18.5 Å². The average Bonchev–Trinajstić information content (AvgIpc) is 2.31. The van der Waals surface area contributed by atoms with Crippen molar-refractivity contribution in [3.63, 3.8) is 0 Å². The highest BCUT2D eigenvalue weighted by Gasteiger charge is 2.06. The molecule has 0 spiro atoms. The van der Waals surface area contributed by atoms with Gasteiger partial charge in [-0.3, -0.25) is 4.79 Å².